The third-order valence-corrected chi connectivity index (χ3v) is 14.3. The summed E-state index contributed by atoms with van der Waals surface area (Å²) >= 11 is 0. The van der Waals surface area contributed by atoms with Gasteiger partial charge in [-0.15, -0.1) is 0 Å². The van der Waals surface area contributed by atoms with E-state index in [1.54, 1.807) is 24.3 Å². The van der Waals surface area contributed by atoms with Gasteiger partial charge in [-0.3, -0.25) is 0 Å². The summed E-state index contributed by atoms with van der Waals surface area (Å²) in [5, 5.41) is 0. The van der Waals surface area contributed by atoms with Gasteiger partial charge in [-0.05, 0) is 61.1 Å². The van der Waals surface area contributed by atoms with E-state index in [2.05, 4.69) is 13.8 Å². The van der Waals surface area contributed by atoms with Gasteiger partial charge in [0.05, 0.1) is 9.79 Å². The van der Waals surface area contributed by atoms with Gasteiger partial charge in [-0.1, -0.05) is 269 Å². The van der Waals surface area contributed by atoms with Crippen molar-refractivity contribution in [1.82, 2.24) is 0 Å². The Morgan fingerprint density at radius 3 is 0.603 bits per heavy atom. The van der Waals surface area contributed by atoms with E-state index in [4.69, 9.17) is 0 Å². The zero-order chi connectivity index (χ0) is 45.3. The Balaban J connectivity index is 0.00000120. The number of hydrogen-bond acceptors (Lipinski definition) is 6. The van der Waals surface area contributed by atoms with Crippen LogP contribution in [0.5, 0.6) is 0 Å². The van der Waals surface area contributed by atoms with Crippen molar-refractivity contribution in [3.8, 4) is 0 Å². The van der Waals surface area contributed by atoms with Crippen molar-refractivity contribution in [1.29, 1.82) is 0 Å². The van der Waals surface area contributed by atoms with Crippen molar-refractivity contribution in [2.45, 2.75) is 280 Å². The Labute approximate surface area is 420 Å². The van der Waals surface area contributed by atoms with E-state index < -0.39 is 20.2 Å². The fourth-order valence-electron chi connectivity index (χ4n) is 8.46. The Bertz CT molecular complexity index is 1370. The average molecular weight is 944 g/mol. The minimum atomic E-state index is -4.32. The Kier molecular flexibility index (Phi) is 43.7. The molecule has 0 aliphatic rings. The quantitative estimate of drug-likeness (QED) is 0.0372. The van der Waals surface area contributed by atoms with Crippen molar-refractivity contribution >= 4 is 58.0 Å². The molecule has 9 heteroatoms. The molecule has 6 nitrogen and oxygen atoms in total. The van der Waals surface area contributed by atoms with Crippen molar-refractivity contribution in [2.24, 2.45) is 0 Å². The molecule has 0 atom stereocenters. The molecule has 0 saturated heterocycles. The number of unbranched alkanes of at least 4 members (excludes halogenated alkanes) is 36. The normalized spacial score (nSPS) is 11.6. The van der Waals surface area contributed by atoms with Gasteiger partial charge in [0.1, 0.15) is 20.2 Å². The fourth-order valence-corrected chi connectivity index (χ4v) is 9.40. The van der Waals surface area contributed by atoms with E-state index in [9.17, 15) is 25.9 Å². The Hall–Kier alpha value is -0.480. The fraction of sp³-hybridized carbons (Fsp3) is 0.778. The van der Waals surface area contributed by atoms with E-state index in [0.717, 1.165) is 36.8 Å². The zero-order valence-corrected chi connectivity index (χ0v) is 44.7. The van der Waals surface area contributed by atoms with Gasteiger partial charge >= 0.3 is 37.7 Å². The van der Waals surface area contributed by atoms with Gasteiger partial charge < -0.3 is 9.11 Å². The summed E-state index contributed by atoms with van der Waals surface area (Å²) in [7, 11) is -8.65. The molecule has 0 aliphatic carbocycles. The maximum absolute atomic E-state index is 10.9. The first kappa shape index (κ1) is 62.5. The molecule has 0 amide bonds. The first-order chi connectivity index (χ1) is 30.1. The predicted molar refractivity (Wildman–Crippen MR) is 269 cm³/mol. The molecule has 2 aromatic carbocycles. The third-order valence-electron chi connectivity index (χ3n) is 12.6. The van der Waals surface area contributed by atoms with Crippen molar-refractivity contribution in [2.75, 3.05) is 0 Å². The molecule has 0 radical (unpaired) electrons. The van der Waals surface area contributed by atoms with Crippen LogP contribution in [0.1, 0.15) is 269 Å². The second-order valence-corrected chi connectivity index (χ2v) is 21.2. The monoisotopic (exact) mass is 943 g/mol. The summed E-state index contributed by atoms with van der Waals surface area (Å²) < 4.78 is 65.6. The van der Waals surface area contributed by atoms with Gasteiger partial charge in [0.25, 0.3) is 0 Å². The Morgan fingerprint density at radius 2 is 0.444 bits per heavy atom. The van der Waals surface area contributed by atoms with E-state index in [1.165, 1.54) is 255 Å². The number of aryl methyl sites for hydroxylation is 2. The first-order valence-electron chi connectivity index (χ1n) is 26.2. The molecule has 63 heavy (non-hydrogen) atoms. The van der Waals surface area contributed by atoms with Crippen LogP contribution in [0.2, 0.25) is 0 Å². The van der Waals surface area contributed by atoms with Crippen LogP contribution < -0.4 is 0 Å². The molecule has 0 spiro atoms. The summed E-state index contributed by atoms with van der Waals surface area (Å²) in [4.78, 5) is -0.270. The molecule has 360 valence electrons. The molecule has 0 N–H and O–H groups in total. The van der Waals surface area contributed by atoms with Crippen molar-refractivity contribution in [3.05, 3.63) is 59.7 Å². The smallest absolute Gasteiger partial charge is 0.744 e. The largest absolute Gasteiger partial charge is 2.00 e. The molecule has 0 fully saturated rings. The second kappa shape index (κ2) is 44.1. The number of benzene rings is 2. The summed E-state index contributed by atoms with van der Waals surface area (Å²) in [6, 6.07) is 12.7. The number of rotatable bonds is 42. The van der Waals surface area contributed by atoms with Gasteiger partial charge in [0.15, 0.2) is 0 Å². The SMILES string of the molecule is CCCCCCCCCCCCCCCCCCCCCc1ccc(S(=O)(=O)[O-])cc1.CCCCCCCCCCCCCCCCCCCCCc1ccc(S(=O)(=O)[O-])cc1.[Ca+2]. The standard InChI is InChI=1S/2C27H48O3S.Ca/c2*1-2-3-4-5-6-7-8-9-10-11-12-13-14-15-16-17-18-19-20-21-26-22-24-27(25-23-26)31(28,29)30;/h2*22-25H,2-21H2,1H3,(H,28,29,30);/q;;+2/p-2. The topological polar surface area (TPSA) is 114 Å². The third kappa shape index (κ3) is 40.3. The van der Waals surface area contributed by atoms with Crippen LogP contribution in [0.3, 0.4) is 0 Å². The Morgan fingerprint density at radius 1 is 0.286 bits per heavy atom. The maximum Gasteiger partial charge on any atom is 2.00 e. The minimum Gasteiger partial charge on any atom is -0.744 e. The van der Waals surface area contributed by atoms with Gasteiger partial charge in [0.2, 0.25) is 0 Å². The molecule has 0 aliphatic heterocycles. The molecule has 0 saturated carbocycles. The maximum atomic E-state index is 10.9. The van der Waals surface area contributed by atoms with Gasteiger partial charge in [0, 0.05) is 0 Å². The molecule has 0 unspecified atom stereocenters. The van der Waals surface area contributed by atoms with Crippen LogP contribution in [-0.4, -0.2) is 63.7 Å². The summed E-state index contributed by atoms with van der Waals surface area (Å²) in [5.41, 5.74) is 2.22. The average Bonchev–Trinajstić information content (AvgIpc) is 3.25. The van der Waals surface area contributed by atoms with Crippen molar-refractivity contribution in [3.63, 3.8) is 0 Å². The molecular weight excluding hydrogens is 849 g/mol. The summed E-state index contributed by atoms with van der Waals surface area (Å²) in [5.74, 6) is 0. The molecular formula is C54H94CaO6S2. The van der Waals surface area contributed by atoms with E-state index in [1.807, 2.05) is 0 Å². The molecule has 0 heterocycles. The predicted octanol–water partition coefficient (Wildman–Crippen LogP) is 16.7. The van der Waals surface area contributed by atoms with Crippen LogP contribution in [-0.2, 0) is 33.1 Å². The first-order valence-corrected chi connectivity index (χ1v) is 29.0. The summed E-state index contributed by atoms with van der Waals surface area (Å²) in [6.45, 7) is 4.56. The molecule has 2 aromatic rings. The number of hydrogen-bond donors (Lipinski definition) is 0. The van der Waals surface area contributed by atoms with Crippen LogP contribution in [0, 0.1) is 0 Å². The molecule has 2 rings (SSSR count). The van der Waals surface area contributed by atoms with Gasteiger partial charge in [-0.2, -0.15) is 0 Å². The van der Waals surface area contributed by atoms with Crippen LogP contribution in [0.4, 0.5) is 0 Å². The van der Waals surface area contributed by atoms with Crippen LogP contribution in [0.25, 0.3) is 0 Å². The van der Waals surface area contributed by atoms with E-state index >= 15 is 0 Å². The van der Waals surface area contributed by atoms with E-state index in [0.29, 0.717) is 0 Å². The summed E-state index contributed by atoms with van der Waals surface area (Å²) in [6.07, 6.45) is 54.3. The second-order valence-electron chi connectivity index (χ2n) is 18.4. The van der Waals surface area contributed by atoms with Gasteiger partial charge in [-0.25, -0.2) is 16.8 Å². The van der Waals surface area contributed by atoms with E-state index in [-0.39, 0.29) is 47.5 Å². The molecule has 0 bridgehead atoms. The minimum absolute atomic E-state index is 0. The van der Waals surface area contributed by atoms with Crippen LogP contribution in [0.15, 0.2) is 58.3 Å². The van der Waals surface area contributed by atoms with Crippen molar-refractivity contribution < 1.29 is 25.9 Å². The molecule has 0 aromatic heterocycles. The zero-order valence-electron chi connectivity index (χ0n) is 40.9. The van der Waals surface area contributed by atoms with Crippen LogP contribution >= 0.6 is 0 Å².